The Morgan fingerprint density at radius 3 is 2.95 bits per heavy atom. The predicted octanol–water partition coefficient (Wildman–Crippen LogP) is 2.19. The number of carbonyl (C=O) groups excluding carboxylic acids is 1. The second-order valence-electron chi connectivity index (χ2n) is 4.41. The quantitative estimate of drug-likeness (QED) is 0.627. The molecule has 1 N–H and O–H groups in total. The first-order valence-corrected chi connectivity index (χ1v) is 7.33. The second kappa shape index (κ2) is 7.77. The summed E-state index contributed by atoms with van der Waals surface area (Å²) < 4.78 is 4.66. The maximum Gasteiger partial charge on any atom is 0.310 e. The van der Waals surface area contributed by atoms with Gasteiger partial charge < -0.3 is 10.1 Å². The molecule has 2 heterocycles. The van der Waals surface area contributed by atoms with Crippen LogP contribution < -0.4 is 5.32 Å². The van der Waals surface area contributed by atoms with E-state index in [4.69, 9.17) is 0 Å². The van der Waals surface area contributed by atoms with Crippen molar-refractivity contribution in [3.8, 4) is 0 Å². The Kier molecular flexibility index (Phi) is 5.70. The van der Waals surface area contributed by atoms with Crippen molar-refractivity contribution in [1.29, 1.82) is 0 Å². The molecule has 0 radical (unpaired) electrons. The monoisotopic (exact) mass is 290 g/mol. The molecule has 106 valence electrons. The van der Waals surface area contributed by atoms with Crippen LogP contribution in [0.3, 0.4) is 0 Å². The van der Waals surface area contributed by atoms with Crippen molar-refractivity contribution in [1.82, 2.24) is 10.3 Å². The average molecular weight is 290 g/mol. The van der Waals surface area contributed by atoms with Gasteiger partial charge in [-0.05, 0) is 36.7 Å². The first-order valence-electron chi connectivity index (χ1n) is 6.52. The van der Waals surface area contributed by atoms with E-state index in [2.05, 4.69) is 27.2 Å². The number of pyridine rings is 1. The molecule has 0 unspecified atom stereocenters. The van der Waals surface area contributed by atoms with Gasteiger partial charge in [-0.3, -0.25) is 9.78 Å². The number of nitrogens with zero attached hydrogens (tertiary/aromatic N) is 1. The summed E-state index contributed by atoms with van der Waals surface area (Å²) in [5.41, 5.74) is 1.23. The summed E-state index contributed by atoms with van der Waals surface area (Å²) in [6.45, 7) is 1.74. The number of rotatable bonds is 7. The molecule has 5 heteroatoms. The van der Waals surface area contributed by atoms with E-state index in [0.717, 1.165) is 24.4 Å². The molecule has 4 nitrogen and oxygen atoms in total. The molecule has 0 bridgehead atoms. The zero-order valence-corrected chi connectivity index (χ0v) is 12.3. The standard InChI is InChI=1S/C15H18N2O2S/c1-19-15(18)9-13-4-5-14(20-13)11-17-8-6-12-3-2-7-16-10-12/h2-5,7,10,17H,6,8-9,11H2,1H3. The van der Waals surface area contributed by atoms with Gasteiger partial charge >= 0.3 is 5.97 Å². The van der Waals surface area contributed by atoms with Crippen LogP contribution in [0.25, 0.3) is 0 Å². The van der Waals surface area contributed by atoms with Gasteiger partial charge in [0.15, 0.2) is 0 Å². The summed E-state index contributed by atoms with van der Waals surface area (Å²) in [4.78, 5) is 17.5. The summed E-state index contributed by atoms with van der Waals surface area (Å²) in [5, 5.41) is 3.40. The predicted molar refractivity (Wildman–Crippen MR) is 79.7 cm³/mol. The highest BCUT2D eigenvalue weighted by molar-refractivity contribution is 7.12. The lowest BCUT2D eigenvalue weighted by molar-refractivity contribution is -0.139. The highest BCUT2D eigenvalue weighted by Gasteiger charge is 2.05. The molecule has 0 saturated heterocycles. The number of aromatic nitrogens is 1. The second-order valence-corrected chi connectivity index (χ2v) is 5.66. The van der Waals surface area contributed by atoms with Gasteiger partial charge in [0, 0.05) is 28.7 Å². The van der Waals surface area contributed by atoms with E-state index >= 15 is 0 Å². The van der Waals surface area contributed by atoms with E-state index in [1.54, 1.807) is 17.5 Å². The number of ether oxygens (including phenoxy) is 1. The molecule has 2 aromatic rings. The molecule has 0 aromatic carbocycles. The fourth-order valence-corrected chi connectivity index (χ4v) is 2.79. The third kappa shape index (κ3) is 4.75. The van der Waals surface area contributed by atoms with Crippen molar-refractivity contribution in [2.45, 2.75) is 19.4 Å². The summed E-state index contributed by atoms with van der Waals surface area (Å²) in [7, 11) is 1.41. The van der Waals surface area contributed by atoms with Crippen LogP contribution >= 0.6 is 11.3 Å². The molecule has 0 aliphatic rings. The molecule has 0 spiro atoms. The first kappa shape index (κ1) is 14.7. The number of carbonyl (C=O) groups is 1. The molecule has 0 aliphatic heterocycles. The van der Waals surface area contributed by atoms with E-state index in [1.165, 1.54) is 17.6 Å². The van der Waals surface area contributed by atoms with Gasteiger partial charge in [0.1, 0.15) is 0 Å². The minimum Gasteiger partial charge on any atom is -0.469 e. The molecular formula is C15H18N2O2S. The van der Waals surface area contributed by atoms with Crippen molar-refractivity contribution in [2.75, 3.05) is 13.7 Å². The van der Waals surface area contributed by atoms with Crippen LogP contribution in [0.4, 0.5) is 0 Å². The molecule has 0 fully saturated rings. The van der Waals surface area contributed by atoms with E-state index in [-0.39, 0.29) is 5.97 Å². The zero-order valence-electron chi connectivity index (χ0n) is 11.5. The van der Waals surface area contributed by atoms with Crippen molar-refractivity contribution in [3.05, 3.63) is 52.0 Å². The summed E-state index contributed by atoms with van der Waals surface area (Å²) in [6, 6.07) is 8.07. The van der Waals surface area contributed by atoms with Gasteiger partial charge in [0.25, 0.3) is 0 Å². The Morgan fingerprint density at radius 1 is 1.35 bits per heavy atom. The van der Waals surface area contributed by atoms with E-state index < -0.39 is 0 Å². The molecular weight excluding hydrogens is 272 g/mol. The molecule has 2 aromatic heterocycles. The number of nitrogens with one attached hydrogen (secondary N) is 1. The normalized spacial score (nSPS) is 10.4. The van der Waals surface area contributed by atoms with Gasteiger partial charge in [-0.1, -0.05) is 6.07 Å². The Morgan fingerprint density at radius 2 is 2.20 bits per heavy atom. The third-order valence-electron chi connectivity index (χ3n) is 2.88. The lowest BCUT2D eigenvalue weighted by Crippen LogP contribution is -2.15. The number of hydrogen-bond donors (Lipinski definition) is 1. The molecule has 0 amide bonds. The van der Waals surface area contributed by atoms with Gasteiger partial charge in [-0.15, -0.1) is 11.3 Å². The Hall–Kier alpha value is -1.72. The minimum atomic E-state index is -0.192. The van der Waals surface area contributed by atoms with E-state index in [0.29, 0.717) is 6.42 Å². The van der Waals surface area contributed by atoms with Gasteiger partial charge in [-0.25, -0.2) is 0 Å². The van der Waals surface area contributed by atoms with Gasteiger partial charge in [0.05, 0.1) is 13.5 Å². The number of methoxy groups -OCH3 is 1. The molecule has 0 atom stereocenters. The zero-order chi connectivity index (χ0) is 14.2. The van der Waals surface area contributed by atoms with Crippen molar-refractivity contribution in [2.24, 2.45) is 0 Å². The summed E-state index contributed by atoms with van der Waals surface area (Å²) >= 11 is 1.65. The maximum absolute atomic E-state index is 11.2. The van der Waals surface area contributed by atoms with Crippen LogP contribution in [0.2, 0.25) is 0 Å². The largest absolute Gasteiger partial charge is 0.469 e. The van der Waals surface area contributed by atoms with Gasteiger partial charge in [-0.2, -0.15) is 0 Å². The highest BCUT2D eigenvalue weighted by Crippen LogP contribution is 2.17. The fraction of sp³-hybridized carbons (Fsp3) is 0.333. The maximum atomic E-state index is 11.2. The first-order chi connectivity index (χ1) is 9.78. The lowest BCUT2D eigenvalue weighted by Gasteiger charge is -2.02. The summed E-state index contributed by atoms with van der Waals surface area (Å²) in [5.74, 6) is -0.192. The van der Waals surface area contributed by atoms with Crippen LogP contribution in [-0.4, -0.2) is 24.6 Å². The number of esters is 1. The van der Waals surface area contributed by atoms with Crippen LogP contribution in [-0.2, 0) is 28.9 Å². The van der Waals surface area contributed by atoms with Crippen LogP contribution in [0, 0.1) is 0 Å². The van der Waals surface area contributed by atoms with E-state index in [1.807, 2.05) is 18.3 Å². The van der Waals surface area contributed by atoms with E-state index in [9.17, 15) is 4.79 Å². The molecule has 20 heavy (non-hydrogen) atoms. The summed E-state index contributed by atoms with van der Waals surface area (Å²) in [6.07, 6.45) is 5.00. The molecule has 0 aliphatic carbocycles. The van der Waals surface area contributed by atoms with Gasteiger partial charge in [0.2, 0.25) is 0 Å². The topological polar surface area (TPSA) is 51.2 Å². The fourth-order valence-electron chi connectivity index (χ4n) is 1.82. The lowest BCUT2D eigenvalue weighted by atomic mass is 10.2. The number of hydrogen-bond acceptors (Lipinski definition) is 5. The highest BCUT2D eigenvalue weighted by atomic mass is 32.1. The molecule has 2 rings (SSSR count). The van der Waals surface area contributed by atoms with Crippen molar-refractivity contribution < 1.29 is 9.53 Å². The Bertz CT molecular complexity index is 540. The van der Waals surface area contributed by atoms with Crippen molar-refractivity contribution >= 4 is 17.3 Å². The van der Waals surface area contributed by atoms with Crippen molar-refractivity contribution in [3.63, 3.8) is 0 Å². The van der Waals surface area contributed by atoms with Crippen LogP contribution in [0.15, 0.2) is 36.7 Å². The minimum absolute atomic E-state index is 0.192. The average Bonchev–Trinajstić information content (AvgIpc) is 2.92. The molecule has 0 saturated carbocycles. The van der Waals surface area contributed by atoms with Crippen LogP contribution in [0.5, 0.6) is 0 Å². The smallest absolute Gasteiger partial charge is 0.310 e. The third-order valence-corrected chi connectivity index (χ3v) is 3.96. The Balaban J connectivity index is 1.70. The SMILES string of the molecule is COC(=O)Cc1ccc(CNCCc2cccnc2)s1. The van der Waals surface area contributed by atoms with Crippen LogP contribution in [0.1, 0.15) is 15.3 Å². The Labute approximate surface area is 122 Å². The number of thiophene rings is 1.